The molecule has 18 heavy (non-hydrogen) atoms. The number of aliphatic hydroxyl groups excluding tert-OH is 1. The molecular weight excluding hydrogens is 237 g/mol. The molecule has 98 valence electrons. The largest absolute Gasteiger partial charge is 0.507 e. The SMILES string of the molecule is O=C(NC1CCCC1CO)c1ccc(F)cc1O. The molecule has 1 fully saturated rings. The first kappa shape index (κ1) is 12.8. The maximum Gasteiger partial charge on any atom is 0.255 e. The van der Waals surface area contributed by atoms with Crippen molar-refractivity contribution in [3.8, 4) is 5.75 Å². The highest BCUT2D eigenvalue weighted by Crippen LogP contribution is 2.26. The molecule has 0 bridgehead atoms. The summed E-state index contributed by atoms with van der Waals surface area (Å²) in [6.07, 6.45) is 2.67. The van der Waals surface area contributed by atoms with E-state index >= 15 is 0 Å². The van der Waals surface area contributed by atoms with Crippen LogP contribution in [0.15, 0.2) is 18.2 Å². The van der Waals surface area contributed by atoms with Gasteiger partial charge in [0, 0.05) is 24.6 Å². The summed E-state index contributed by atoms with van der Waals surface area (Å²) < 4.78 is 12.8. The van der Waals surface area contributed by atoms with Gasteiger partial charge in [0.25, 0.3) is 5.91 Å². The van der Waals surface area contributed by atoms with Crippen LogP contribution in [0.5, 0.6) is 5.75 Å². The van der Waals surface area contributed by atoms with E-state index < -0.39 is 11.7 Å². The minimum atomic E-state index is -0.585. The molecule has 2 unspecified atom stereocenters. The predicted molar refractivity (Wildman–Crippen MR) is 63.7 cm³/mol. The molecule has 2 atom stereocenters. The van der Waals surface area contributed by atoms with Gasteiger partial charge in [0.1, 0.15) is 11.6 Å². The fourth-order valence-electron chi connectivity index (χ4n) is 2.39. The maximum absolute atomic E-state index is 12.8. The van der Waals surface area contributed by atoms with Gasteiger partial charge in [-0.1, -0.05) is 6.42 Å². The van der Waals surface area contributed by atoms with E-state index in [1.165, 1.54) is 6.07 Å². The number of aromatic hydroxyl groups is 1. The molecule has 0 saturated heterocycles. The van der Waals surface area contributed by atoms with Gasteiger partial charge < -0.3 is 15.5 Å². The summed E-state index contributed by atoms with van der Waals surface area (Å²) in [7, 11) is 0. The van der Waals surface area contributed by atoms with Crippen molar-refractivity contribution in [1.29, 1.82) is 0 Å². The minimum Gasteiger partial charge on any atom is -0.507 e. The third kappa shape index (κ3) is 2.61. The molecule has 1 aliphatic rings. The number of nitrogens with one attached hydrogen (secondary N) is 1. The summed E-state index contributed by atoms with van der Waals surface area (Å²) >= 11 is 0. The van der Waals surface area contributed by atoms with Gasteiger partial charge in [-0.2, -0.15) is 0 Å². The van der Waals surface area contributed by atoms with Gasteiger partial charge in [-0.05, 0) is 25.0 Å². The zero-order valence-electron chi connectivity index (χ0n) is 9.90. The molecule has 0 radical (unpaired) electrons. The number of phenolic OH excluding ortho intramolecular Hbond substituents is 1. The molecule has 0 spiro atoms. The number of benzene rings is 1. The second-order valence-electron chi connectivity index (χ2n) is 4.61. The lowest BCUT2D eigenvalue weighted by Gasteiger charge is -2.19. The zero-order chi connectivity index (χ0) is 13.1. The van der Waals surface area contributed by atoms with Crippen LogP contribution in [0.4, 0.5) is 4.39 Å². The standard InChI is InChI=1S/C13H16FNO3/c14-9-4-5-10(12(17)6-9)13(18)15-11-3-1-2-8(11)7-16/h4-6,8,11,16-17H,1-3,7H2,(H,15,18). The minimum absolute atomic E-state index is 0.0420. The van der Waals surface area contributed by atoms with Crippen molar-refractivity contribution in [2.24, 2.45) is 5.92 Å². The summed E-state index contributed by atoms with van der Waals surface area (Å²) in [4.78, 5) is 11.9. The number of hydrogen-bond acceptors (Lipinski definition) is 3. The molecule has 4 nitrogen and oxygen atoms in total. The van der Waals surface area contributed by atoms with Crippen molar-refractivity contribution in [3.05, 3.63) is 29.6 Å². The lowest BCUT2D eigenvalue weighted by Crippen LogP contribution is -2.38. The van der Waals surface area contributed by atoms with Gasteiger partial charge in [0.2, 0.25) is 0 Å². The zero-order valence-corrected chi connectivity index (χ0v) is 9.90. The monoisotopic (exact) mass is 253 g/mol. The molecule has 1 aromatic carbocycles. The summed E-state index contributed by atoms with van der Waals surface area (Å²) in [5.74, 6) is -1.32. The molecule has 0 heterocycles. The quantitative estimate of drug-likeness (QED) is 0.763. The molecule has 1 amide bonds. The fourth-order valence-corrected chi connectivity index (χ4v) is 2.39. The molecule has 0 aliphatic heterocycles. The third-order valence-electron chi connectivity index (χ3n) is 3.41. The molecule has 1 saturated carbocycles. The van der Waals surface area contributed by atoms with Gasteiger partial charge in [-0.25, -0.2) is 4.39 Å². The summed E-state index contributed by atoms with van der Waals surface area (Å²) in [6.45, 7) is 0.0420. The average molecular weight is 253 g/mol. The first-order valence-electron chi connectivity index (χ1n) is 6.02. The first-order chi connectivity index (χ1) is 8.61. The maximum atomic E-state index is 12.8. The van der Waals surface area contributed by atoms with E-state index in [-0.39, 0.29) is 29.9 Å². The van der Waals surface area contributed by atoms with Crippen molar-refractivity contribution in [2.75, 3.05) is 6.61 Å². The third-order valence-corrected chi connectivity index (χ3v) is 3.41. The van der Waals surface area contributed by atoms with E-state index in [1.54, 1.807) is 0 Å². The second-order valence-corrected chi connectivity index (χ2v) is 4.61. The molecule has 1 aliphatic carbocycles. The van der Waals surface area contributed by atoms with Crippen LogP contribution >= 0.6 is 0 Å². The van der Waals surface area contributed by atoms with Crippen LogP contribution in [0, 0.1) is 11.7 Å². The Morgan fingerprint density at radius 1 is 1.44 bits per heavy atom. The van der Waals surface area contributed by atoms with E-state index in [0.717, 1.165) is 31.4 Å². The van der Waals surface area contributed by atoms with Crippen molar-refractivity contribution in [2.45, 2.75) is 25.3 Å². The van der Waals surface area contributed by atoms with Crippen LogP contribution < -0.4 is 5.32 Å². The van der Waals surface area contributed by atoms with E-state index in [4.69, 9.17) is 5.11 Å². The molecule has 1 aromatic rings. The lowest BCUT2D eigenvalue weighted by molar-refractivity contribution is 0.0913. The Morgan fingerprint density at radius 3 is 2.89 bits per heavy atom. The van der Waals surface area contributed by atoms with Crippen molar-refractivity contribution in [1.82, 2.24) is 5.32 Å². The fraction of sp³-hybridized carbons (Fsp3) is 0.462. The Labute approximate surface area is 104 Å². The van der Waals surface area contributed by atoms with Crippen LogP contribution in [-0.2, 0) is 0 Å². The number of carbonyl (C=O) groups excluding carboxylic acids is 1. The Morgan fingerprint density at radius 2 is 2.22 bits per heavy atom. The Hall–Kier alpha value is -1.62. The summed E-state index contributed by atoms with van der Waals surface area (Å²) in [5, 5.41) is 21.4. The van der Waals surface area contributed by atoms with Crippen LogP contribution in [0.1, 0.15) is 29.6 Å². The summed E-state index contributed by atoms with van der Waals surface area (Å²) in [6, 6.07) is 3.22. The highest BCUT2D eigenvalue weighted by atomic mass is 19.1. The number of phenols is 1. The smallest absolute Gasteiger partial charge is 0.255 e. The highest BCUT2D eigenvalue weighted by Gasteiger charge is 2.28. The first-order valence-corrected chi connectivity index (χ1v) is 6.02. The number of carbonyl (C=O) groups is 1. The number of rotatable bonds is 3. The van der Waals surface area contributed by atoms with Crippen molar-refractivity contribution in [3.63, 3.8) is 0 Å². The normalized spacial score (nSPS) is 23.0. The number of aliphatic hydroxyl groups is 1. The van der Waals surface area contributed by atoms with E-state index in [1.807, 2.05) is 0 Å². The summed E-state index contributed by atoms with van der Waals surface area (Å²) in [5.41, 5.74) is 0.0555. The van der Waals surface area contributed by atoms with Crippen LogP contribution in [0.2, 0.25) is 0 Å². The molecule has 0 aromatic heterocycles. The van der Waals surface area contributed by atoms with E-state index in [9.17, 15) is 14.3 Å². The lowest BCUT2D eigenvalue weighted by atomic mass is 10.0. The Balaban J connectivity index is 2.07. The van der Waals surface area contributed by atoms with Gasteiger partial charge in [-0.15, -0.1) is 0 Å². The van der Waals surface area contributed by atoms with Gasteiger partial charge in [0.05, 0.1) is 5.56 Å². The Bertz CT molecular complexity index is 450. The topological polar surface area (TPSA) is 69.6 Å². The second kappa shape index (κ2) is 5.35. The van der Waals surface area contributed by atoms with Crippen molar-refractivity contribution < 1.29 is 19.4 Å². The highest BCUT2D eigenvalue weighted by molar-refractivity contribution is 5.97. The van der Waals surface area contributed by atoms with Crippen LogP contribution in [0.3, 0.4) is 0 Å². The van der Waals surface area contributed by atoms with Crippen molar-refractivity contribution >= 4 is 5.91 Å². The number of amides is 1. The average Bonchev–Trinajstić information content (AvgIpc) is 2.76. The number of halogens is 1. The molecular formula is C13H16FNO3. The number of hydrogen-bond donors (Lipinski definition) is 3. The van der Waals surface area contributed by atoms with Crippen LogP contribution in [-0.4, -0.2) is 28.8 Å². The van der Waals surface area contributed by atoms with Gasteiger partial charge in [0.15, 0.2) is 0 Å². The molecule has 2 rings (SSSR count). The predicted octanol–water partition coefficient (Wildman–Crippen LogP) is 1.42. The molecule has 3 N–H and O–H groups in total. The van der Waals surface area contributed by atoms with Gasteiger partial charge >= 0.3 is 0 Å². The van der Waals surface area contributed by atoms with E-state index in [2.05, 4.69) is 5.32 Å². The Kier molecular flexibility index (Phi) is 3.81. The van der Waals surface area contributed by atoms with E-state index in [0.29, 0.717) is 0 Å². The molecule has 5 heteroatoms. The van der Waals surface area contributed by atoms with Crippen LogP contribution in [0.25, 0.3) is 0 Å². The van der Waals surface area contributed by atoms with Gasteiger partial charge in [-0.3, -0.25) is 4.79 Å².